The molecule has 0 spiro atoms. The van der Waals surface area contributed by atoms with Crippen LogP contribution in [0, 0.1) is 37.3 Å². The summed E-state index contributed by atoms with van der Waals surface area (Å²) in [7, 11) is 2.14. The number of hydrogen-bond donors (Lipinski definition) is 0. The summed E-state index contributed by atoms with van der Waals surface area (Å²) in [5.41, 5.74) is 3.70. The summed E-state index contributed by atoms with van der Waals surface area (Å²) >= 11 is 0. The highest BCUT2D eigenvalue weighted by Gasteiger charge is 2.45. The highest BCUT2D eigenvalue weighted by molar-refractivity contribution is 6.02. The molecule has 7 heteroatoms. The molecule has 5 nitrogen and oxygen atoms in total. The van der Waals surface area contributed by atoms with Crippen LogP contribution in [0.5, 0.6) is 0 Å². The zero-order chi connectivity index (χ0) is 29.8. The molecule has 3 aromatic rings. The molecule has 0 amide bonds. The number of carbonyl (C=O) groups excluding carboxylic acids is 2. The average Bonchev–Trinajstić information content (AvgIpc) is 2.98. The van der Waals surface area contributed by atoms with Crippen molar-refractivity contribution < 1.29 is 18.4 Å². The highest BCUT2D eigenvalue weighted by Crippen LogP contribution is 2.42. The zero-order valence-corrected chi connectivity index (χ0v) is 24.9. The number of nitrogens with zero attached hydrogens (tertiary/aromatic N) is 3. The number of benzene rings is 3. The second-order valence-corrected chi connectivity index (χ2v) is 12.0. The van der Waals surface area contributed by atoms with Gasteiger partial charge in [0, 0.05) is 68.1 Å². The first-order valence-corrected chi connectivity index (χ1v) is 15.0. The number of piperazine rings is 1. The van der Waals surface area contributed by atoms with Crippen molar-refractivity contribution in [3.63, 3.8) is 0 Å². The minimum atomic E-state index is -0.563. The molecule has 2 aliphatic rings. The second-order valence-electron chi connectivity index (χ2n) is 12.0. The van der Waals surface area contributed by atoms with Crippen molar-refractivity contribution in [3.8, 4) is 0 Å². The van der Waals surface area contributed by atoms with E-state index in [1.54, 1.807) is 24.3 Å². The Balaban J connectivity index is 1.50. The van der Waals surface area contributed by atoms with E-state index in [-0.39, 0.29) is 11.6 Å². The molecule has 0 radical (unpaired) electrons. The van der Waals surface area contributed by atoms with E-state index in [2.05, 4.69) is 21.7 Å². The summed E-state index contributed by atoms with van der Waals surface area (Å²) < 4.78 is 28.6. The van der Waals surface area contributed by atoms with Gasteiger partial charge in [-0.2, -0.15) is 0 Å². The van der Waals surface area contributed by atoms with E-state index in [4.69, 9.17) is 0 Å². The van der Waals surface area contributed by atoms with Crippen LogP contribution in [0.1, 0.15) is 49.7 Å². The molecule has 2 heterocycles. The van der Waals surface area contributed by atoms with E-state index in [1.807, 2.05) is 32.0 Å². The van der Waals surface area contributed by atoms with E-state index >= 15 is 0 Å². The van der Waals surface area contributed by atoms with Crippen molar-refractivity contribution >= 4 is 11.6 Å². The number of likely N-dealkylation sites (N-methyl/N-ethyl adjacent to an activating group) is 1. The van der Waals surface area contributed by atoms with Crippen molar-refractivity contribution in [1.29, 1.82) is 0 Å². The number of piperidine rings is 1. The number of rotatable bonds is 9. The van der Waals surface area contributed by atoms with Gasteiger partial charge >= 0.3 is 0 Å². The number of halogens is 2. The van der Waals surface area contributed by atoms with Gasteiger partial charge in [-0.15, -0.1) is 0 Å². The van der Waals surface area contributed by atoms with E-state index in [0.717, 1.165) is 62.4 Å². The maximum Gasteiger partial charge on any atom is 0.167 e. The normalized spacial score (nSPS) is 22.3. The Labute approximate surface area is 248 Å². The number of hydrogen-bond acceptors (Lipinski definition) is 5. The Morgan fingerprint density at radius 2 is 1.26 bits per heavy atom. The van der Waals surface area contributed by atoms with Crippen molar-refractivity contribution in [2.45, 2.75) is 26.2 Å². The molecule has 2 fully saturated rings. The van der Waals surface area contributed by atoms with Gasteiger partial charge in [0.1, 0.15) is 11.6 Å². The van der Waals surface area contributed by atoms with E-state index in [9.17, 15) is 18.4 Å². The minimum Gasteiger partial charge on any atom is -0.304 e. The number of likely N-dealkylation sites (tertiary alicyclic amines) is 1. The molecule has 2 atom stereocenters. The molecule has 222 valence electrons. The van der Waals surface area contributed by atoms with Crippen LogP contribution < -0.4 is 0 Å². The van der Waals surface area contributed by atoms with Crippen LogP contribution in [0.3, 0.4) is 0 Å². The third-order valence-electron chi connectivity index (χ3n) is 9.22. The Bertz CT molecular complexity index is 1350. The van der Waals surface area contributed by atoms with Gasteiger partial charge in [0.25, 0.3) is 0 Å². The monoisotopic (exact) mass is 573 g/mol. The topological polar surface area (TPSA) is 43.9 Å². The lowest BCUT2D eigenvalue weighted by Crippen LogP contribution is -2.51. The number of aryl methyl sites for hydroxylation is 1. The van der Waals surface area contributed by atoms with Crippen LogP contribution in [0.15, 0.2) is 66.7 Å². The Morgan fingerprint density at radius 3 is 1.81 bits per heavy atom. The molecule has 2 unspecified atom stereocenters. The molecule has 5 rings (SSSR count). The number of carbonyl (C=O) groups is 2. The first kappa shape index (κ1) is 30.2. The predicted octanol–water partition coefficient (Wildman–Crippen LogP) is 5.62. The van der Waals surface area contributed by atoms with Crippen molar-refractivity contribution in [2.24, 2.45) is 11.8 Å². The van der Waals surface area contributed by atoms with E-state index in [1.165, 1.54) is 24.3 Å². The quantitative estimate of drug-likeness (QED) is 0.311. The van der Waals surface area contributed by atoms with Gasteiger partial charge in [-0.1, -0.05) is 42.5 Å². The summed E-state index contributed by atoms with van der Waals surface area (Å²) in [6.07, 6.45) is 0.916. The molecule has 2 saturated heterocycles. The summed E-state index contributed by atoms with van der Waals surface area (Å²) in [6, 6.07) is 17.7. The molecule has 2 aliphatic heterocycles. The Hall–Kier alpha value is -3.26. The fourth-order valence-corrected chi connectivity index (χ4v) is 6.68. The van der Waals surface area contributed by atoms with Gasteiger partial charge in [0.05, 0.1) is 0 Å². The first-order valence-electron chi connectivity index (χ1n) is 15.0. The third-order valence-corrected chi connectivity index (χ3v) is 9.22. The lowest BCUT2D eigenvalue weighted by Gasteiger charge is -2.44. The SMILES string of the molecule is Cc1cccc(C2C(C(=O)c3cccc(F)c3)CN(CCCN3CCN(C)CC3)CC2C(=O)c2cccc(F)c2)c1C. The molecule has 0 saturated carbocycles. The fraction of sp³-hybridized carbons (Fsp3) is 0.429. The highest BCUT2D eigenvalue weighted by atomic mass is 19.1. The Morgan fingerprint density at radius 1 is 0.738 bits per heavy atom. The molecule has 42 heavy (non-hydrogen) atoms. The van der Waals surface area contributed by atoms with Crippen molar-refractivity contribution in [1.82, 2.24) is 14.7 Å². The minimum absolute atomic E-state index is 0.166. The number of ketones is 2. The zero-order valence-electron chi connectivity index (χ0n) is 24.9. The van der Waals surface area contributed by atoms with Crippen LogP contribution in [0.2, 0.25) is 0 Å². The molecular formula is C35H41F2N3O2. The first-order chi connectivity index (χ1) is 20.2. The van der Waals surface area contributed by atoms with Gasteiger partial charge in [-0.25, -0.2) is 8.78 Å². The summed E-state index contributed by atoms with van der Waals surface area (Å²) in [5.74, 6) is -2.81. The van der Waals surface area contributed by atoms with Gasteiger partial charge < -0.3 is 14.7 Å². The summed E-state index contributed by atoms with van der Waals surface area (Å²) in [5, 5.41) is 0. The summed E-state index contributed by atoms with van der Waals surface area (Å²) in [4.78, 5) is 35.4. The standard InChI is InChI=1S/C35H41F2N3O2/c1-24-8-4-13-30(25(24)2)33-31(34(41)26-9-5-11-28(36)20-26)22-40(15-7-14-39-18-16-38(3)17-19-39)23-32(33)35(42)27-10-6-12-29(37)21-27/h4-6,8-13,20-21,31-33H,7,14-19,22-23H2,1-3H3. The molecule has 0 aliphatic carbocycles. The lowest BCUT2D eigenvalue weighted by molar-refractivity contribution is 0.0556. The van der Waals surface area contributed by atoms with E-state index in [0.29, 0.717) is 24.2 Å². The van der Waals surface area contributed by atoms with E-state index < -0.39 is 29.4 Å². The smallest absolute Gasteiger partial charge is 0.167 e. The average molecular weight is 574 g/mol. The van der Waals surface area contributed by atoms with Crippen molar-refractivity contribution in [2.75, 3.05) is 59.4 Å². The molecule has 0 bridgehead atoms. The van der Waals surface area contributed by atoms with Crippen LogP contribution in [-0.4, -0.2) is 85.7 Å². The second kappa shape index (κ2) is 13.4. The maximum atomic E-state index is 14.3. The third kappa shape index (κ3) is 6.86. The van der Waals surface area contributed by atoms with Crippen LogP contribution in [-0.2, 0) is 0 Å². The van der Waals surface area contributed by atoms with Crippen LogP contribution in [0.25, 0.3) is 0 Å². The van der Waals surface area contributed by atoms with Crippen molar-refractivity contribution in [3.05, 3.63) is 106 Å². The molecule has 0 N–H and O–H groups in total. The van der Waals surface area contributed by atoms with Gasteiger partial charge in [-0.05, 0) is 81.4 Å². The lowest BCUT2D eigenvalue weighted by atomic mass is 9.67. The fourth-order valence-electron chi connectivity index (χ4n) is 6.68. The van der Waals surface area contributed by atoms with Gasteiger partial charge in [-0.3, -0.25) is 9.59 Å². The predicted molar refractivity (Wildman–Crippen MR) is 162 cm³/mol. The number of Topliss-reactive ketones (excluding diaryl/α,β-unsaturated/α-hetero) is 2. The maximum absolute atomic E-state index is 14.3. The molecule has 0 aromatic heterocycles. The Kier molecular flexibility index (Phi) is 9.61. The van der Waals surface area contributed by atoms with Gasteiger partial charge in [0.15, 0.2) is 11.6 Å². The van der Waals surface area contributed by atoms with Crippen LogP contribution in [0.4, 0.5) is 8.78 Å². The van der Waals surface area contributed by atoms with Gasteiger partial charge in [0.2, 0.25) is 0 Å². The van der Waals surface area contributed by atoms with Crippen LogP contribution >= 0.6 is 0 Å². The largest absolute Gasteiger partial charge is 0.304 e. The molecular weight excluding hydrogens is 532 g/mol. The molecule has 3 aromatic carbocycles. The summed E-state index contributed by atoms with van der Waals surface area (Å²) in [6.45, 7) is 10.9.